The summed E-state index contributed by atoms with van der Waals surface area (Å²) in [5, 5.41) is 0. The number of furan rings is 1. The van der Waals surface area contributed by atoms with Crippen LogP contribution in [0.1, 0.15) is 46.4 Å². The smallest absolute Gasteiger partial charge is 0.222 e. The van der Waals surface area contributed by atoms with Crippen LogP contribution in [0.4, 0.5) is 0 Å². The third kappa shape index (κ3) is 3.26. The molecule has 0 bridgehead atoms. The molecule has 0 saturated carbocycles. The molecule has 2 heterocycles. The summed E-state index contributed by atoms with van der Waals surface area (Å²) in [6.07, 6.45) is 1.71. The average Bonchev–Trinajstić information content (AvgIpc) is 2.85. The second-order valence-electron chi connectivity index (χ2n) is 8.24. The van der Waals surface area contributed by atoms with Crippen LogP contribution < -0.4 is 0 Å². The molecule has 0 unspecified atom stereocenters. The third-order valence-corrected chi connectivity index (χ3v) is 6.82. The second kappa shape index (κ2) is 6.44. The van der Waals surface area contributed by atoms with Crippen LogP contribution in [-0.4, -0.2) is 41.7 Å². The van der Waals surface area contributed by atoms with Crippen molar-refractivity contribution >= 4 is 14.1 Å². The highest BCUT2D eigenvalue weighted by Gasteiger charge is 2.56. The zero-order valence-corrected chi connectivity index (χ0v) is 16.8. The number of nitrogens with zero attached hydrogens (tertiary/aromatic N) is 2. The highest BCUT2D eigenvalue weighted by molar-refractivity contribution is 6.76. The first-order chi connectivity index (χ1) is 10.6. The topological polar surface area (TPSA) is 36.7 Å². The van der Waals surface area contributed by atoms with E-state index in [1.54, 1.807) is 6.26 Å². The fourth-order valence-corrected chi connectivity index (χ4v) is 6.15. The van der Waals surface area contributed by atoms with E-state index in [0.29, 0.717) is 18.0 Å². The molecule has 0 aliphatic carbocycles. The Bertz CT molecular complexity index is 526. The molecule has 1 amide bonds. The predicted octanol–water partition coefficient (Wildman–Crippen LogP) is 4.12. The van der Waals surface area contributed by atoms with Crippen LogP contribution in [0.15, 0.2) is 22.8 Å². The van der Waals surface area contributed by atoms with E-state index < -0.39 is 8.24 Å². The van der Waals surface area contributed by atoms with Gasteiger partial charge in [-0.15, -0.1) is 0 Å². The maximum atomic E-state index is 13.0. The van der Waals surface area contributed by atoms with Gasteiger partial charge in [-0.25, -0.2) is 0 Å². The summed E-state index contributed by atoms with van der Waals surface area (Å²) >= 11 is 0. The molecule has 1 saturated heterocycles. The van der Waals surface area contributed by atoms with Crippen molar-refractivity contribution in [2.24, 2.45) is 5.92 Å². The first kappa shape index (κ1) is 18.3. The minimum atomic E-state index is -1.73. The molecule has 1 aliphatic heterocycles. The van der Waals surface area contributed by atoms with Crippen molar-refractivity contribution in [1.29, 1.82) is 0 Å². The van der Waals surface area contributed by atoms with Crippen LogP contribution in [0.3, 0.4) is 0 Å². The second-order valence-corrected chi connectivity index (χ2v) is 13.1. The normalized spacial score (nSPS) is 23.8. The van der Waals surface area contributed by atoms with Crippen molar-refractivity contribution < 1.29 is 9.21 Å². The van der Waals surface area contributed by atoms with Crippen LogP contribution in [0.2, 0.25) is 19.6 Å². The van der Waals surface area contributed by atoms with Crippen molar-refractivity contribution in [3.8, 4) is 0 Å². The summed E-state index contributed by atoms with van der Waals surface area (Å²) in [6.45, 7) is 17.7. The molecule has 5 heteroatoms. The molecule has 0 radical (unpaired) electrons. The molecule has 0 aromatic carbocycles. The van der Waals surface area contributed by atoms with Crippen LogP contribution in [0.5, 0.6) is 0 Å². The van der Waals surface area contributed by atoms with Gasteiger partial charge in [-0.1, -0.05) is 19.6 Å². The van der Waals surface area contributed by atoms with E-state index in [4.69, 9.17) is 4.42 Å². The summed E-state index contributed by atoms with van der Waals surface area (Å²) in [7, 11) is -1.73. The molecule has 1 fully saturated rings. The number of β-lactam (4-membered cyclic amide) rings is 1. The van der Waals surface area contributed by atoms with Gasteiger partial charge in [0.25, 0.3) is 0 Å². The van der Waals surface area contributed by atoms with Crippen molar-refractivity contribution in [2.45, 2.75) is 78.4 Å². The van der Waals surface area contributed by atoms with E-state index in [1.165, 1.54) is 0 Å². The molecule has 2 rings (SSSR count). The van der Waals surface area contributed by atoms with Gasteiger partial charge in [-0.2, -0.15) is 0 Å². The van der Waals surface area contributed by atoms with Crippen molar-refractivity contribution in [2.75, 3.05) is 0 Å². The Kier molecular flexibility index (Phi) is 5.11. The van der Waals surface area contributed by atoms with Crippen LogP contribution in [0.25, 0.3) is 0 Å². The standard InChI is InChI=1S/C18H32N2O2Si/c1-12(2)19(13(3)4)14(5)16-17(15-10-9-11-22-15)20(18(16)21)23(6,7)8/h9-14,16-17H,1-8H3/t14-,16-,17-/m0/s1. The van der Waals surface area contributed by atoms with Gasteiger partial charge in [0.2, 0.25) is 5.91 Å². The lowest BCUT2D eigenvalue weighted by Crippen LogP contribution is -2.69. The minimum Gasteiger partial charge on any atom is -0.467 e. The molecule has 0 spiro atoms. The Morgan fingerprint density at radius 1 is 1.13 bits per heavy atom. The first-order valence-corrected chi connectivity index (χ1v) is 12.2. The summed E-state index contributed by atoms with van der Waals surface area (Å²) in [5.41, 5.74) is 0. The summed E-state index contributed by atoms with van der Waals surface area (Å²) < 4.78 is 7.82. The van der Waals surface area contributed by atoms with Gasteiger partial charge in [0.05, 0.1) is 18.2 Å². The van der Waals surface area contributed by atoms with Crippen molar-refractivity contribution in [3.05, 3.63) is 24.2 Å². The molecule has 23 heavy (non-hydrogen) atoms. The summed E-state index contributed by atoms with van der Waals surface area (Å²) in [4.78, 5) is 15.4. The number of rotatable bonds is 6. The minimum absolute atomic E-state index is 0.0160. The van der Waals surface area contributed by atoms with E-state index >= 15 is 0 Å². The van der Waals surface area contributed by atoms with E-state index in [1.807, 2.05) is 12.1 Å². The molecule has 1 aliphatic rings. The highest BCUT2D eigenvalue weighted by atomic mass is 28.3. The molecular formula is C18H32N2O2Si. The molecule has 0 N–H and O–H groups in total. The average molecular weight is 337 g/mol. The highest BCUT2D eigenvalue weighted by Crippen LogP contribution is 2.46. The van der Waals surface area contributed by atoms with Gasteiger partial charge in [0.15, 0.2) is 8.24 Å². The van der Waals surface area contributed by atoms with Gasteiger partial charge < -0.3 is 8.98 Å². The maximum absolute atomic E-state index is 13.0. The monoisotopic (exact) mass is 336 g/mol. The zero-order chi connectivity index (χ0) is 17.5. The molecular weight excluding hydrogens is 304 g/mol. The quantitative estimate of drug-likeness (QED) is 0.579. The fourth-order valence-electron chi connectivity index (χ4n) is 4.22. The maximum Gasteiger partial charge on any atom is 0.222 e. The lowest BCUT2D eigenvalue weighted by molar-refractivity contribution is -0.155. The van der Waals surface area contributed by atoms with Gasteiger partial charge >= 0.3 is 0 Å². The SMILES string of the molecule is CC(C)N(C(C)C)[C@@H](C)[C@@H]1C(=O)N([Si](C)(C)C)[C@H]1c1ccco1. The van der Waals surface area contributed by atoms with Crippen molar-refractivity contribution in [3.63, 3.8) is 0 Å². The third-order valence-electron chi connectivity index (χ3n) is 4.88. The Morgan fingerprint density at radius 3 is 2.09 bits per heavy atom. The largest absolute Gasteiger partial charge is 0.467 e. The molecule has 4 nitrogen and oxygen atoms in total. The molecule has 3 atom stereocenters. The summed E-state index contributed by atoms with van der Waals surface area (Å²) in [5.74, 6) is 1.21. The molecule has 130 valence electrons. The number of carbonyl (C=O) groups excluding carboxylic acids is 1. The molecule has 1 aromatic heterocycles. The number of hydrogen-bond acceptors (Lipinski definition) is 3. The van der Waals surface area contributed by atoms with Gasteiger partial charge in [0, 0.05) is 18.1 Å². The Hall–Kier alpha value is -1.07. The number of carbonyl (C=O) groups is 1. The van der Waals surface area contributed by atoms with E-state index in [2.05, 4.69) is 63.7 Å². The zero-order valence-electron chi connectivity index (χ0n) is 15.8. The molecule has 1 aromatic rings. The Labute approximate surface area is 141 Å². The van der Waals surface area contributed by atoms with Gasteiger partial charge in [-0.05, 0) is 46.8 Å². The van der Waals surface area contributed by atoms with Crippen LogP contribution in [0, 0.1) is 5.92 Å². The van der Waals surface area contributed by atoms with Gasteiger partial charge in [-0.3, -0.25) is 9.69 Å². The van der Waals surface area contributed by atoms with E-state index in [0.717, 1.165) is 5.76 Å². The number of hydrogen-bond donors (Lipinski definition) is 0. The van der Waals surface area contributed by atoms with E-state index in [-0.39, 0.29) is 18.0 Å². The Morgan fingerprint density at radius 2 is 1.70 bits per heavy atom. The fraction of sp³-hybridized carbons (Fsp3) is 0.722. The van der Waals surface area contributed by atoms with Crippen LogP contribution >= 0.6 is 0 Å². The Balaban J connectivity index is 2.35. The predicted molar refractivity (Wildman–Crippen MR) is 96.7 cm³/mol. The summed E-state index contributed by atoms with van der Waals surface area (Å²) in [6, 6.07) is 5.04. The lowest BCUT2D eigenvalue weighted by Gasteiger charge is -2.56. The van der Waals surface area contributed by atoms with Crippen molar-refractivity contribution in [1.82, 2.24) is 9.47 Å². The van der Waals surface area contributed by atoms with E-state index in [9.17, 15) is 4.79 Å². The van der Waals surface area contributed by atoms with Gasteiger partial charge in [0.1, 0.15) is 5.76 Å². The van der Waals surface area contributed by atoms with Crippen LogP contribution in [-0.2, 0) is 4.79 Å². The first-order valence-electron chi connectivity index (χ1n) is 8.71. The number of amides is 1. The lowest BCUT2D eigenvalue weighted by atomic mass is 9.81.